The van der Waals surface area contributed by atoms with Crippen LogP contribution in [0.15, 0.2) is 22.7 Å². The molecule has 1 aliphatic rings. The van der Waals surface area contributed by atoms with Gasteiger partial charge in [-0.3, -0.25) is 0 Å². The van der Waals surface area contributed by atoms with Gasteiger partial charge in [-0.2, -0.15) is 0 Å². The number of thiocarbonyl (C=S) groups is 1. The van der Waals surface area contributed by atoms with Crippen LogP contribution in [0.3, 0.4) is 0 Å². The van der Waals surface area contributed by atoms with E-state index in [1.165, 1.54) is 0 Å². The van der Waals surface area contributed by atoms with Gasteiger partial charge in [-0.25, -0.2) is 0 Å². The minimum Gasteiger partial charge on any atom is -0.496 e. The summed E-state index contributed by atoms with van der Waals surface area (Å²) in [5, 5.41) is 7.17. The molecule has 1 aromatic carbocycles. The zero-order valence-corrected chi connectivity index (χ0v) is 14.7. The van der Waals surface area contributed by atoms with E-state index in [0.29, 0.717) is 5.11 Å². The van der Waals surface area contributed by atoms with Gasteiger partial charge in [0.15, 0.2) is 5.11 Å². The van der Waals surface area contributed by atoms with E-state index < -0.39 is 0 Å². The number of methoxy groups -OCH3 is 1. The highest BCUT2D eigenvalue weighted by molar-refractivity contribution is 9.10. The van der Waals surface area contributed by atoms with Crippen LogP contribution in [-0.4, -0.2) is 31.5 Å². The third kappa shape index (κ3) is 4.83. The maximum atomic E-state index is 5.56. The second kappa shape index (κ2) is 7.96. The lowest BCUT2D eigenvalue weighted by Crippen LogP contribution is -2.40. The van der Waals surface area contributed by atoms with Crippen LogP contribution in [0.4, 0.5) is 0 Å². The summed E-state index contributed by atoms with van der Waals surface area (Å²) in [6, 6.07) is 6.14. The summed E-state index contributed by atoms with van der Waals surface area (Å²) >= 11 is 8.83. The van der Waals surface area contributed by atoms with E-state index in [4.69, 9.17) is 21.7 Å². The van der Waals surface area contributed by atoms with E-state index in [1.54, 1.807) is 7.11 Å². The maximum Gasteiger partial charge on any atom is 0.166 e. The highest BCUT2D eigenvalue weighted by atomic mass is 79.9. The molecule has 0 spiro atoms. The van der Waals surface area contributed by atoms with E-state index in [0.717, 1.165) is 41.8 Å². The number of benzene rings is 1. The quantitative estimate of drug-likeness (QED) is 0.777. The molecule has 2 atom stereocenters. The molecule has 2 N–H and O–H groups in total. The predicted molar refractivity (Wildman–Crippen MR) is 91.8 cm³/mol. The monoisotopic (exact) mass is 372 g/mol. The Balaban J connectivity index is 1.83. The second-order valence-electron chi connectivity index (χ2n) is 5.11. The molecule has 21 heavy (non-hydrogen) atoms. The van der Waals surface area contributed by atoms with Gasteiger partial charge in [0.05, 0.1) is 23.7 Å². The highest BCUT2D eigenvalue weighted by Crippen LogP contribution is 2.27. The van der Waals surface area contributed by atoms with Gasteiger partial charge >= 0.3 is 0 Å². The second-order valence-corrected chi connectivity index (χ2v) is 6.37. The van der Waals surface area contributed by atoms with Gasteiger partial charge in [0, 0.05) is 13.2 Å². The highest BCUT2D eigenvalue weighted by Gasteiger charge is 2.16. The van der Waals surface area contributed by atoms with Crippen molar-refractivity contribution in [3.8, 4) is 5.75 Å². The summed E-state index contributed by atoms with van der Waals surface area (Å²) < 4.78 is 11.7. The summed E-state index contributed by atoms with van der Waals surface area (Å²) in [6.07, 6.45) is 2.54. The fourth-order valence-electron chi connectivity index (χ4n) is 2.29. The zero-order valence-electron chi connectivity index (χ0n) is 12.3. The topological polar surface area (TPSA) is 42.5 Å². The van der Waals surface area contributed by atoms with Crippen molar-refractivity contribution < 1.29 is 9.47 Å². The van der Waals surface area contributed by atoms with Crippen molar-refractivity contribution in [1.82, 2.24) is 10.6 Å². The SMILES string of the molecule is COc1ccc([C@@H](C)NC(=S)NC[C@H]2CCCO2)cc1Br. The summed E-state index contributed by atoms with van der Waals surface area (Å²) in [5.41, 5.74) is 1.14. The average Bonchev–Trinajstić information content (AvgIpc) is 2.98. The Kier molecular flexibility index (Phi) is 6.26. The van der Waals surface area contributed by atoms with E-state index in [9.17, 15) is 0 Å². The summed E-state index contributed by atoms with van der Waals surface area (Å²) in [6.45, 7) is 3.71. The first-order valence-electron chi connectivity index (χ1n) is 7.09. The largest absolute Gasteiger partial charge is 0.496 e. The molecule has 0 bridgehead atoms. The molecule has 0 aromatic heterocycles. The molecule has 6 heteroatoms. The van der Waals surface area contributed by atoms with Crippen molar-refractivity contribution in [3.63, 3.8) is 0 Å². The molecule has 1 aromatic rings. The minimum atomic E-state index is 0.122. The van der Waals surface area contributed by atoms with E-state index in [2.05, 4.69) is 33.5 Å². The van der Waals surface area contributed by atoms with Crippen LogP contribution in [0.2, 0.25) is 0 Å². The molecule has 0 saturated carbocycles. The first-order valence-corrected chi connectivity index (χ1v) is 8.29. The predicted octanol–water partition coefficient (Wildman–Crippen LogP) is 3.16. The van der Waals surface area contributed by atoms with Gasteiger partial charge in [-0.15, -0.1) is 0 Å². The Morgan fingerprint density at radius 1 is 1.57 bits per heavy atom. The van der Waals surface area contributed by atoms with Crippen LogP contribution in [0.25, 0.3) is 0 Å². The average molecular weight is 373 g/mol. The molecule has 2 rings (SSSR count). The van der Waals surface area contributed by atoms with Crippen LogP contribution in [0, 0.1) is 0 Å². The molecular weight excluding hydrogens is 352 g/mol. The Morgan fingerprint density at radius 2 is 2.38 bits per heavy atom. The minimum absolute atomic E-state index is 0.122. The first-order chi connectivity index (χ1) is 10.1. The van der Waals surface area contributed by atoms with Crippen molar-refractivity contribution in [2.24, 2.45) is 0 Å². The third-order valence-corrected chi connectivity index (χ3v) is 4.42. The van der Waals surface area contributed by atoms with Crippen LogP contribution in [0.5, 0.6) is 5.75 Å². The van der Waals surface area contributed by atoms with Gasteiger partial charge in [-0.1, -0.05) is 6.07 Å². The van der Waals surface area contributed by atoms with Crippen molar-refractivity contribution in [2.45, 2.75) is 31.9 Å². The molecule has 0 unspecified atom stereocenters. The molecule has 1 aliphatic heterocycles. The number of hydrogen-bond donors (Lipinski definition) is 2. The standard InChI is InChI=1S/C15H21BrN2O2S/c1-10(11-5-6-14(19-2)13(16)8-11)18-15(21)17-9-12-4-3-7-20-12/h5-6,8,10,12H,3-4,7,9H2,1-2H3,(H2,17,18,21)/t10-,12-/m1/s1. The maximum absolute atomic E-state index is 5.56. The summed E-state index contributed by atoms with van der Waals surface area (Å²) in [4.78, 5) is 0. The Morgan fingerprint density at radius 3 is 3.00 bits per heavy atom. The van der Waals surface area contributed by atoms with Gasteiger partial charge < -0.3 is 20.1 Å². The summed E-state index contributed by atoms with van der Waals surface area (Å²) in [5.74, 6) is 0.824. The number of nitrogens with one attached hydrogen (secondary N) is 2. The van der Waals surface area contributed by atoms with Gasteiger partial charge in [-0.05, 0) is 65.6 Å². The Labute approximate surface area is 139 Å². The van der Waals surface area contributed by atoms with Crippen LogP contribution in [-0.2, 0) is 4.74 Å². The molecule has 1 saturated heterocycles. The van der Waals surface area contributed by atoms with E-state index in [-0.39, 0.29) is 12.1 Å². The molecule has 1 heterocycles. The Hall–Kier alpha value is -0.850. The van der Waals surface area contributed by atoms with Gasteiger partial charge in [0.1, 0.15) is 5.75 Å². The number of halogens is 1. The number of hydrogen-bond acceptors (Lipinski definition) is 3. The smallest absolute Gasteiger partial charge is 0.166 e. The zero-order chi connectivity index (χ0) is 15.2. The summed E-state index contributed by atoms with van der Waals surface area (Å²) in [7, 11) is 1.66. The molecular formula is C15H21BrN2O2S. The van der Waals surface area contributed by atoms with Crippen LogP contribution >= 0.6 is 28.1 Å². The lowest BCUT2D eigenvalue weighted by molar-refractivity contribution is 0.114. The molecule has 0 aliphatic carbocycles. The van der Waals surface area contributed by atoms with Crippen molar-refractivity contribution in [1.29, 1.82) is 0 Å². The molecule has 4 nitrogen and oxygen atoms in total. The normalized spacial score (nSPS) is 19.1. The van der Waals surface area contributed by atoms with Crippen LogP contribution in [0.1, 0.15) is 31.4 Å². The lowest BCUT2D eigenvalue weighted by atomic mass is 10.1. The first kappa shape index (κ1) is 16.5. The van der Waals surface area contributed by atoms with Gasteiger partial charge in [0.25, 0.3) is 0 Å². The van der Waals surface area contributed by atoms with E-state index in [1.807, 2.05) is 18.2 Å². The van der Waals surface area contributed by atoms with Crippen LogP contribution < -0.4 is 15.4 Å². The Bertz CT molecular complexity index is 493. The van der Waals surface area contributed by atoms with Crippen molar-refractivity contribution >= 4 is 33.3 Å². The van der Waals surface area contributed by atoms with E-state index >= 15 is 0 Å². The molecule has 116 valence electrons. The fraction of sp³-hybridized carbons (Fsp3) is 0.533. The number of ether oxygens (including phenoxy) is 2. The molecule has 0 radical (unpaired) electrons. The molecule has 0 amide bonds. The lowest BCUT2D eigenvalue weighted by Gasteiger charge is -2.19. The third-order valence-electron chi connectivity index (χ3n) is 3.54. The fourth-order valence-corrected chi connectivity index (χ4v) is 3.11. The van der Waals surface area contributed by atoms with Crippen molar-refractivity contribution in [2.75, 3.05) is 20.3 Å². The van der Waals surface area contributed by atoms with Crippen molar-refractivity contribution in [3.05, 3.63) is 28.2 Å². The number of rotatable bonds is 5. The van der Waals surface area contributed by atoms with Gasteiger partial charge in [0.2, 0.25) is 0 Å². The molecule has 1 fully saturated rings.